The zero-order valence-electron chi connectivity index (χ0n) is 20.0. The Labute approximate surface area is 207 Å². The Morgan fingerprint density at radius 1 is 1.11 bits per heavy atom. The van der Waals surface area contributed by atoms with E-state index in [0.29, 0.717) is 12.1 Å². The number of benzene rings is 2. The van der Waals surface area contributed by atoms with Crippen LogP contribution in [0.2, 0.25) is 0 Å². The van der Waals surface area contributed by atoms with Crippen LogP contribution in [0.4, 0.5) is 14.5 Å². The minimum Gasteiger partial charge on any atom is -0.378 e. The van der Waals surface area contributed by atoms with Crippen molar-refractivity contribution in [2.75, 3.05) is 37.7 Å². The van der Waals surface area contributed by atoms with Gasteiger partial charge in [0.1, 0.15) is 0 Å². The number of halogens is 2. The fraction of sp³-hybridized carbons (Fsp3) is 0.357. The smallest absolute Gasteiger partial charge is 0.252 e. The Bertz CT molecular complexity index is 1440. The number of amides is 1. The summed E-state index contributed by atoms with van der Waals surface area (Å²) < 4.78 is 33.8. The summed E-state index contributed by atoms with van der Waals surface area (Å²) in [6.07, 6.45) is 2.96. The molecule has 3 aliphatic rings. The van der Waals surface area contributed by atoms with Gasteiger partial charge in [0.15, 0.2) is 11.6 Å². The molecule has 36 heavy (non-hydrogen) atoms. The van der Waals surface area contributed by atoms with Gasteiger partial charge in [-0.1, -0.05) is 18.2 Å². The van der Waals surface area contributed by atoms with Gasteiger partial charge in [0.25, 0.3) is 5.56 Å². The number of hydrogen-bond donors (Lipinski definition) is 1. The van der Waals surface area contributed by atoms with Gasteiger partial charge in [-0.05, 0) is 60.2 Å². The first kappa shape index (κ1) is 22.9. The standard InChI is InChI=1S/C28H27F2N3O3/c1-16-20(28(35)31-23-7-6-22(29)27(30)26(16)23)14-25(34)33-15-17-12-21(24(33)13-17)18-2-4-19(5-3-18)32-8-10-36-11-9-32/h2-7,12,17,24H,8-11,13-15H2,1H3,(H,31,35)/t17-,24-/m0/s1. The van der Waals surface area contributed by atoms with Gasteiger partial charge >= 0.3 is 0 Å². The largest absolute Gasteiger partial charge is 0.378 e. The second kappa shape index (κ2) is 8.85. The van der Waals surface area contributed by atoms with Crippen LogP contribution in [-0.4, -0.2) is 54.7 Å². The molecule has 0 spiro atoms. The monoisotopic (exact) mass is 491 g/mol. The minimum absolute atomic E-state index is 0.0151. The van der Waals surface area contributed by atoms with Crippen LogP contribution in [0.5, 0.6) is 0 Å². The summed E-state index contributed by atoms with van der Waals surface area (Å²) in [4.78, 5) is 32.9. The highest BCUT2D eigenvalue weighted by molar-refractivity contribution is 5.88. The number of rotatable bonds is 4. The van der Waals surface area contributed by atoms with E-state index in [1.807, 2.05) is 4.90 Å². The number of nitrogens with zero attached hydrogens (tertiary/aromatic N) is 2. The molecule has 2 atom stereocenters. The number of anilines is 1. The average Bonchev–Trinajstić information content (AvgIpc) is 3.51. The Kier molecular flexibility index (Phi) is 5.63. The number of aromatic amines is 1. The molecule has 2 saturated heterocycles. The molecule has 1 aromatic heterocycles. The lowest BCUT2D eigenvalue weighted by atomic mass is 9.98. The second-order valence-electron chi connectivity index (χ2n) is 9.84. The number of likely N-dealkylation sites (tertiary alicyclic amines) is 1. The molecule has 2 aliphatic heterocycles. The quantitative estimate of drug-likeness (QED) is 0.603. The Morgan fingerprint density at radius 2 is 1.86 bits per heavy atom. The third kappa shape index (κ3) is 3.80. The molecule has 1 amide bonds. The normalized spacial score (nSPS) is 21.4. The zero-order chi connectivity index (χ0) is 25.0. The third-order valence-corrected chi connectivity index (χ3v) is 7.78. The number of nitrogens with one attached hydrogen (secondary N) is 1. The van der Waals surface area contributed by atoms with Crippen molar-refractivity contribution in [3.63, 3.8) is 0 Å². The van der Waals surface area contributed by atoms with Crippen molar-refractivity contribution in [3.05, 3.63) is 81.2 Å². The predicted molar refractivity (Wildman–Crippen MR) is 134 cm³/mol. The highest BCUT2D eigenvalue weighted by atomic mass is 19.2. The molecule has 0 radical (unpaired) electrons. The van der Waals surface area contributed by atoms with Crippen LogP contribution in [0.3, 0.4) is 0 Å². The third-order valence-electron chi connectivity index (χ3n) is 7.78. The van der Waals surface area contributed by atoms with Crippen molar-refractivity contribution in [1.82, 2.24) is 9.88 Å². The van der Waals surface area contributed by atoms with Crippen molar-refractivity contribution in [3.8, 4) is 0 Å². The first-order valence-electron chi connectivity index (χ1n) is 12.3. The van der Waals surface area contributed by atoms with E-state index in [1.165, 1.54) is 6.07 Å². The summed E-state index contributed by atoms with van der Waals surface area (Å²) in [6, 6.07) is 10.7. The van der Waals surface area contributed by atoms with E-state index >= 15 is 0 Å². The Hall–Kier alpha value is -3.52. The molecule has 2 aromatic carbocycles. The fourth-order valence-electron chi connectivity index (χ4n) is 5.91. The molecule has 3 aromatic rings. The number of aromatic nitrogens is 1. The van der Waals surface area contributed by atoms with Crippen LogP contribution >= 0.6 is 0 Å². The highest BCUT2D eigenvalue weighted by Gasteiger charge is 2.42. The van der Waals surface area contributed by atoms with Crippen molar-refractivity contribution in [1.29, 1.82) is 0 Å². The maximum Gasteiger partial charge on any atom is 0.252 e. The molecule has 6 rings (SSSR count). The van der Waals surface area contributed by atoms with Gasteiger partial charge in [-0.2, -0.15) is 0 Å². The minimum atomic E-state index is -1.01. The lowest BCUT2D eigenvalue weighted by Gasteiger charge is -2.30. The average molecular weight is 492 g/mol. The van der Waals surface area contributed by atoms with Crippen molar-refractivity contribution >= 4 is 28.1 Å². The number of fused-ring (bicyclic) bond motifs is 3. The summed E-state index contributed by atoms with van der Waals surface area (Å²) in [5.41, 5.74) is 3.64. The molecule has 0 unspecified atom stereocenters. The first-order chi connectivity index (χ1) is 17.4. The molecule has 3 heterocycles. The molecule has 8 heteroatoms. The molecule has 2 bridgehead atoms. The molecule has 2 fully saturated rings. The maximum atomic E-state index is 14.5. The van der Waals surface area contributed by atoms with Gasteiger partial charge in [-0.3, -0.25) is 9.59 Å². The molecule has 186 valence electrons. The van der Waals surface area contributed by atoms with E-state index in [4.69, 9.17) is 4.74 Å². The highest BCUT2D eigenvalue weighted by Crippen LogP contribution is 2.42. The lowest BCUT2D eigenvalue weighted by molar-refractivity contribution is -0.130. The summed E-state index contributed by atoms with van der Waals surface area (Å²) in [7, 11) is 0. The fourth-order valence-corrected chi connectivity index (χ4v) is 5.91. The van der Waals surface area contributed by atoms with Gasteiger partial charge in [0, 0.05) is 36.3 Å². The van der Waals surface area contributed by atoms with Crippen molar-refractivity contribution in [2.45, 2.75) is 25.8 Å². The van der Waals surface area contributed by atoms with Crippen LogP contribution < -0.4 is 10.5 Å². The number of carbonyl (C=O) groups is 1. The topological polar surface area (TPSA) is 65.6 Å². The lowest BCUT2D eigenvalue weighted by Crippen LogP contribution is -2.39. The number of carbonyl (C=O) groups excluding carboxylic acids is 1. The van der Waals surface area contributed by atoms with E-state index in [-0.39, 0.29) is 40.8 Å². The van der Waals surface area contributed by atoms with Gasteiger partial charge in [-0.25, -0.2) is 8.78 Å². The van der Waals surface area contributed by atoms with Crippen LogP contribution in [0, 0.1) is 24.5 Å². The molecule has 0 saturated carbocycles. The Morgan fingerprint density at radius 3 is 2.58 bits per heavy atom. The molecule has 1 aliphatic carbocycles. The summed E-state index contributed by atoms with van der Waals surface area (Å²) in [5.74, 6) is -1.90. The zero-order valence-corrected chi connectivity index (χ0v) is 20.0. The van der Waals surface area contributed by atoms with E-state index < -0.39 is 17.2 Å². The molecular weight excluding hydrogens is 464 g/mol. The number of H-pyrrole nitrogens is 1. The molecule has 6 nitrogen and oxygen atoms in total. The molecule has 1 N–H and O–H groups in total. The van der Waals surface area contributed by atoms with Crippen LogP contribution in [0.25, 0.3) is 16.5 Å². The van der Waals surface area contributed by atoms with E-state index in [1.54, 1.807) is 6.92 Å². The van der Waals surface area contributed by atoms with Crippen molar-refractivity contribution < 1.29 is 18.3 Å². The summed E-state index contributed by atoms with van der Waals surface area (Å²) >= 11 is 0. The predicted octanol–water partition coefficient (Wildman–Crippen LogP) is 3.81. The maximum absolute atomic E-state index is 14.5. The van der Waals surface area contributed by atoms with Crippen LogP contribution in [0.15, 0.2) is 47.3 Å². The van der Waals surface area contributed by atoms with E-state index in [0.717, 1.165) is 55.6 Å². The number of aryl methyl sites for hydroxylation is 1. The number of hydrogen-bond acceptors (Lipinski definition) is 4. The summed E-state index contributed by atoms with van der Waals surface area (Å²) in [6.45, 7) is 5.38. The Balaban J connectivity index is 1.23. The van der Waals surface area contributed by atoms with Gasteiger partial charge in [0.2, 0.25) is 5.91 Å². The van der Waals surface area contributed by atoms with Crippen LogP contribution in [-0.2, 0) is 16.0 Å². The van der Waals surface area contributed by atoms with Crippen molar-refractivity contribution in [2.24, 2.45) is 5.92 Å². The first-order valence-corrected chi connectivity index (χ1v) is 12.3. The summed E-state index contributed by atoms with van der Waals surface area (Å²) in [5, 5.41) is 0.0151. The van der Waals surface area contributed by atoms with E-state index in [9.17, 15) is 18.4 Å². The SMILES string of the molecule is Cc1c(CC(=O)N2C[C@H]3C=C(c4ccc(N5CCOCC5)cc4)[C@@H]2C3)c(=O)[nH]c2ccc(F)c(F)c12. The van der Waals surface area contributed by atoms with E-state index in [2.05, 4.69) is 40.2 Å². The van der Waals surface area contributed by atoms with Gasteiger partial charge in [-0.15, -0.1) is 0 Å². The second-order valence-corrected chi connectivity index (χ2v) is 9.84. The number of morpholine rings is 1. The number of ether oxygens (including phenoxy) is 1. The number of pyridine rings is 1. The van der Waals surface area contributed by atoms with Gasteiger partial charge < -0.3 is 19.5 Å². The van der Waals surface area contributed by atoms with Crippen LogP contribution in [0.1, 0.15) is 23.1 Å². The molecular formula is C28H27F2N3O3. The van der Waals surface area contributed by atoms with Gasteiger partial charge in [0.05, 0.1) is 31.2 Å².